The van der Waals surface area contributed by atoms with Crippen LogP contribution in [-0.2, 0) is 0 Å². The minimum absolute atomic E-state index is 0.0877. The number of nitrogens with one attached hydrogen (secondary N) is 1. The van der Waals surface area contributed by atoms with E-state index in [9.17, 15) is 4.39 Å². The zero-order chi connectivity index (χ0) is 13.8. The Hall–Kier alpha value is -0.450. The molecule has 0 heterocycles. The molecule has 1 unspecified atom stereocenters. The molecule has 1 aromatic rings. The Morgan fingerprint density at radius 1 is 1.37 bits per heavy atom. The predicted molar refractivity (Wildman–Crippen MR) is 79.9 cm³/mol. The molecule has 0 amide bonds. The molecule has 0 aliphatic heterocycles. The van der Waals surface area contributed by atoms with Crippen LogP contribution in [0.2, 0.25) is 0 Å². The molecule has 0 bridgehead atoms. The highest BCUT2D eigenvalue weighted by molar-refractivity contribution is 9.10. The second-order valence-electron chi connectivity index (χ2n) is 5.50. The third kappa shape index (κ3) is 3.56. The number of rotatable bonds is 4. The Morgan fingerprint density at radius 2 is 2.05 bits per heavy atom. The van der Waals surface area contributed by atoms with Crippen LogP contribution in [0.25, 0.3) is 0 Å². The number of halogens is 2. The molecule has 0 radical (unpaired) electrons. The highest BCUT2D eigenvalue weighted by Crippen LogP contribution is 2.38. The van der Waals surface area contributed by atoms with E-state index in [1.165, 1.54) is 25.3 Å². The molecular weight excluding hydrogens is 307 g/mol. The van der Waals surface area contributed by atoms with E-state index in [-0.39, 0.29) is 11.9 Å². The van der Waals surface area contributed by atoms with Crippen LogP contribution in [-0.4, -0.2) is 0 Å². The quantitative estimate of drug-likeness (QED) is 0.638. The van der Waals surface area contributed by atoms with E-state index in [4.69, 9.17) is 5.84 Å². The number of hydrogen-bond donors (Lipinski definition) is 2. The molecule has 1 aliphatic rings. The molecule has 0 saturated heterocycles. The smallest absolute Gasteiger partial charge is 0.128 e. The normalized spacial score (nSPS) is 25.3. The van der Waals surface area contributed by atoms with Crippen LogP contribution in [0.4, 0.5) is 4.39 Å². The number of hydrazine groups is 1. The van der Waals surface area contributed by atoms with Crippen molar-refractivity contribution in [1.82, 2.24) is 5.43 Å². The number of nitrogens with two attached hydrogens (primary N) is 1. The largest absolute Gasteiger partial charge is 0.271 e. The van der Waals surface area contributed by atoms with Gasteiger partial charge in [-0.15, -0.1) is 0 Å². The van der Waals surface area contributed by atoms with Crippen LogP contribution in [0, 0.1) is 17.7 Å². The van der Waals surface area contributed by atoms with Crippen LogP contribution in [0.1, 0.15) is 50.6 Å². The molecule has 1 atom stereocenters. The summed E-state index contributed by atoms with van der Waals surface area (Å²) in [5.41, 5.74) is 3.51. The second-order valence-corrected chi connectivity index (χ2v) is 6.41. The van der Waals surface area contributed by atoms with Gasteiger partial charge in [0, 0.05) is 10.0 Å². The van der Waals surface area contributed by atoms with Crippen LogP contribution in [0.15, 0.2) is 22.7 Å². The summed E-state index contributed by atoms with van der Waals surface area (Å²) >= 11 is 3.40. The summed E-state index contributed by atoms with van der Waals surface area (Å²) in [6.07, 6.45) is 5.96. The first kappa shape index (κ1) is 14.9. The van der Waals surface area contributed by atoms with Gasteiger partial charge in [0.1, 0.15) is 5.82 Å². The standard InChI is InChI=1S/C15H22BrFN2/c1-2-10-3-5-11(6-4-10)15(19-18)13-9-12(16)7-8-14(13)17/h7-11,15,19H,2-6,18H2,1H3. The van der Waals surface area contributed by atoms with Crippen molar-refractivity contribution in [3.05, 3.63) is 34.1 Å². The van der Waals surface area contributed by atoms with Gasteiger partial charge in [0.25, 0.3) is 0 Å². The molecule has 2 rings (SSSR count). The average Bonchev–Trinajstić information content (AvgIpc) is 2.44. The number of benzene rings is 1. The fourth-order valence-corrected chi connectivity index (χ4v) is 3.54. The summed E-state index contributed by atoms with van der Waals surface area (Å²) in [6.45, 7) is 2.25. The van der Waals surface area contributed by atoms with Crippen molar-refractivity contribution in [3.8, 4) is 0 Å². The average molecular weight is 329 g/mol. The van der Waals surface area contributed by atoms with Crippen molar-refractivity contribution in [2.75, 3.05) is 0 Å². The molecule has 106 valence electrons. The van der Waals surface area contributed by atoms with E-state index >= 15 is 0 Å². The van der Waals surface area contributed by atoms with E-state index < -0.39 is 0 Å². The Labute approximate surface area is 123 Å². The molecule has 1 aromatic carbocycles. The summed E-state index contributed by atoms with van der Waals surface area (Å²) in [4.78, 5) is 0. The van der Waals surface area contributed by atoms with Gasteiger partial charge < -0.3 is 0 Å². The molecular formula is C15H22BrFN2. The molecule has 3 N–H and O–H groups in total. The van der Waals surface area contributed by atoms with Crippen LogP contribution < -0.4 is 11.3 Å². The van der Waals surface area contributed by atoms with Crippen molar-refractivity contribution in [3.63, 3.8) is 0 Å². The molecule has 0 spiro atoms. The fraction of sp³-hybridized carbons (Fsp3) is 0.600. The summed E-state index contributed by atoms with van der Waals surface area (Å²) in [5.74, 6) is 6.78. The van der Waals surface area contributed by atoms with E-state index in [1.54, 1.807) is 6.07 Å². The SMILES string of the molecule is CCC1CCC(C(NN)c2cc(Br)ccc2F)CC1. The lowest BCUT2D eigenvalue weighted by Gasteiger charge is -2.33. The van der Waals surface area contributed by atoms with Crippen molar-refractivity contribution >= 4 is 15.9 Å². The molecule has 1 aliphatic carbocycles. The highest BCUT2D eigenvalue weighted by atomic mass is 79.9. The lowest BCUT2D eigenvalue weighted by molar-refractivity contribution is 0.217. The molecule has 1 fully saturated rings. The number of hydrogen-bond acceptors (Lipinski definition) is 2. The van der Waals surface area contributed by atoms with Crippen molar-refractivity contribution in [2.45, 2.75) is 45.1 Å². The van der Waals surface area contributed by atoms with Crippen LogP contribution in [0.5, 0.6) is 0 Å². The molecule has 1 saturated carbocycles. The maximum absolute atomic E-state index is 14.0. The van der Waals surface area contributed by atoms with Crippen molar-refractivity contribution < 1.29 is 4.39 Å². The Kier molecular flexibility index (Phi) is 5.37. The van der Waals surface area contributed by atoms with Gasteiger partial charge >= 0.3 is 0 Å². The maximum Gasteiger partial charge on any atom is 0.128 e. The first-order valence-electron chi connectivity index (χ1n) is 7.06. The molecule has 19 heavy (non-hydrogen) atoms. The van der Waals surface area contributed by atoms with Gasteiger partial charge in [-0.05, 0) is 42.9 Å². The van der Waals surface area contributed by atoms with E-state index in [1.807, 2.05) is 6.07 Å². The molecule has 0 aromatic heterocycles. The van der Waals surface area contributed by atoms with Gasteiger partial charge in [0.15, 0.2) is 0 Å². The van der Waals surface area contributed by atoms with Gasteiger partial charge in [0.2, 0.25) is 0 Å². The fourth-order valence-electron chi connectivity index (χ4n) is 3.16. The topological polar surface area (TPSA) is 38.0 Å². The third-order valence-corrected chi connectivity index (χ3v) is 4.91. The Bertz CT molecular complexity index is 417. The monoisotopic (exact) mass is 328 g/mol. The van der Waals surface area contributed by atoms with E-state index in [2.05, 4.69) is 28.3 Å². The first-order chi connectivity index (χ1) is 9.15. The zero-order valence-corrected chi connectivity index (χ0v) is 12.9. The van der Waals surface area contributed by atoms with Crippen molar-refractivity contribution in [2.24, 2.45) is 17.7 Å². The molecule has 4 heteroatoms. The lowest BCUT2D eigenvalue weighted by atomic mass is 9.76. The van der Waals surface area contributed by atoms with Crippen LogP contribution >= 0.6 is 15.9 Å². The predicted octanol–water partition coefficient (Wildman–Crippen LogP) is 4.31. The van der Waals surface area contributed by atoms with E-state index in [0.29, 0.717) is 11.5 Å². The van der Waals surface area contributed by atoms with Gasteiger partial charge in [-0.1, -0.05) is 42.1 Å². The van der Waals surface area contributed by atoms with Crippen molar-refractivity contribution in [1.29, 1.82) is 0 Å². The summed E-state index contributed by atoms with van der Waals surface area (Å²) in [6, 6.07) is 4.98. The Morgan fingerprint density at radius 3 is 2.63 bits per heavy atom. The summed E-state index contributed by atoms with van der Waals surface area (Å²) in [5, 5.41) is 0. The van der Waals surface area contributed by atoms with Gasteiger partial charge in [0.05, 0.1) is 6.04 Å². The third-order valence-electron chi connectivity index (χ3n) is 4.41. The molecule has 2 nitrogen and oxygen atoms in total. The second kappa shape index (κ2) is 6.82. The highest BCUT2D eigenvalue weighted by Gasteiger charge is 2.29. The summed E-state index contributed by atoms with van der Waals surface area (Å²) in [7, 11) is 0. The van der Waals surface area contributed by atoms with Gasteiger partial charge in [-0.3, -0.25) is 11.3 Å². The van der Waals surface area contributed by atoms with Gasteiger partial charge in [-0.2, -0.15) is 0 Å². The minimum atomic E-state index is -0.177. The maximum atomic E-state index is 14.0. The summed E-state index contributed by atoms with van der Waals surface area (Å²) < 4.78 is 14.9. The van der Waals surface area contributed by atoms with E-state index in [0.717, 1.165) is 23.2 Å². The first-order valence-corrected chi connectivity index (χ1v) is 7.86. The van der Waals surface area contributed by atoms with Gasteiger partial charge in [-0.25, -0.2) is 4.39 Å². The van der Waals surface area contributed by atoms with Crippen LogP contribution in [0.3, 0.4) is 0 Å². The lowest BCUT2D eigenvalue weighted by Crippen LogP contribution is -2.36. The minimum Gasteiger partial charge on any atom is -0.271 e. The Balaban J connectivity index is 2.14. The zero-order valence-electron chi connectivity index (χ0n) is 11.3.